The first-order chi connectivity index (χ1) is 7.79. The van der Waals surface area contributed by atoms with E-state index in [1.165, 1.54) is 32.1 Å². The molecule has 0 aromatic rings. The van der Waals surface area contributed by atoms with Crippen LogP contribution in [0.1, 0.15) is 44.9 Å². The van der Waals surface area contributed by atoms with Gasteiger partial charge in [0.2, 0.25) is 0 Å². The number of hydrogen-bond donors (Lipinski definition) is 0. The first kappa shape index (κ1) is 11.4. The Hall–Kier alpha value is -1.06. The Morgan fingerprint density at radius 1 is 0.938 bits per heavy atom. The highest BCUT2D eigenvalue weighted by molar-refractivity contribution is 5.15. The molecule has 0 aromatic carbocycles. The average molecular weight is 217 g/mol. The molecular formula is C13H19N3. The molecule has 1 heterocycles. The van der Waals surface area contributed by atoms with Crippen molar-refractivity contribution in [2.45, 2.75) is 51.0 Å². The number of nitrogens with zero attached hydrogens (tertiary/aromatic N) is 3. The summed E-state index contributed by atoms with van der Waals surface area (Å²) >= 11 is 0. The molecule has 1 aliphatic heterocycles. The van der Waals surface area contributed by atoms with Gasteiger partial charge in [-0.2, -0.15) is 10.5 Å². The van der Waals surface area contributed by atoms with Gasteiger partial charge in [0.15, 0.2) is 0 Å². The van der Waals surface area contributed by atoms with Crippen LogP contribution in [-0.2, 0) is 0 Å². The maximum absolute atomic E-state index is 9.05. The van der Waals surface area contributed by atoms with E-state index in [1.54, 1.807) is 0 Å². The summed E-state index contributed by atoms with van der Waals surface area (Å²) < 4.78 is 0. The van der Waals surface area contributed by atoms with E-state index < -0.39 is 5.41 Å². The molecule has 2 rings (SSSR count). The van der Waals surface area contributed by atoms with E-state index in [9.17, 15) is 0 Å². The van der Waals surface area contributed by atoms with Crippen molar-refractivity contribution in [2.24, 2.45) is 5.41 Å². The number of likely N-dealkylation sites (tertiary alicyclic amines) is 1. The molecule has 0 amide bonds. The van der Waals surface area contributed by atoms with Gasteiger partial charge in [-0.3, -0.25) is 0 Å². The summed E-state index contributed by atoms with van der Waals surface area (Å²) in [6.07, 6.45) is 8.17. The Morgan fingerprint density at radius 2 is 1.50 bits per heavy atom. The summed E-state index contributed by atoms with van der Waals surface area (Å²) in [7, 11) is 0. The first-order valence-electron chi connectivity index (χ1n) is 6.36. The van der Waals surface area contributed by atoms with Crippen molar-refractivity contribution >= 4 is 0 Å². The molecule has 86 valence electrons. The van der Waals surface area contributed by atoms with Gasteiger partial charge in [-0.1, -0.05) is 19.3 Å². The van der Waals surface area contributed by atoms with Crippen molar-refractivity contribution < 1.29 is 0 Å². The molecule has 3 nitrogen and oxygen atoms in total. The molecule has 2 aliphatic rings. The lowest BCUT2D eigenvalue weighted by molar-refractivity contribution is 0.102. The van der Waals surface area contributed by atoms with Gasteiger partial charge >= 0.3 is 0 Å². The zero-order chi connectivity index (χ0) is 11.4. The molecule has 0 radical (unpaired) electrons. The predicted molar refractivity (Wildman–Crippen MR) is 61.3 cm³/mol. The van der Waals surface area contributed by atoms with Crippen molar-refractivity contribution in [2.75, 3.05) is 13.1 Å². The lowest BCUT2D eigenvalue weighted by Crippen LogP contribution is -2.45. The molecule has 0 bridgehead atoms. The number of nitriles is 2. The van der Waals surface area contributed by atoms with Crippen LogP contribution in [0.15, 0.2) is 0 Å². The Kier molecular flexibility index (Phi) is 3.46. The highest BCUT2D eigenvalue weighted by Gasteiger charge is 2.36. The minimum absolute atomic E-state index is 0.689. The smallest absolute Gasteiger partial charge is 0.146 e. The Labute approximate surface area is 97.7 Å². The zero-order valence-corrected chi connectivity index (χ0v) is 9.78. The third kappa shape index (κ3) is 2.20. The molecular weight excluding hydrogens is 198 g/mol. The molecule has 2 fully saturated rings. The van der Waals surface area contributed by atoms with Crippen LogP contribution in [0.2, 0.25) is 0 Å². The van der Waals surface area contributed by atoms with Crippen LogP contribution in [0, 0.1) is 28.1 Å². The summed E-state index contributed by atoms with van der Waals surface area (Å²) in [4.78, 5) is 2.51. The van der Waals surface area contributed by atoms with Gasteiger partial charge in [-0.25, -0.2) is 0 Å². The summed E-state index contributed by atoms with van der Waals surface area (Å²) in [5.41, 5.74) is -0.689. The van der Waals surface area contributed by atoms with Gasteiger partial charge in [0.25, 0.3) is 0 Å². The molecule has 0 N–H and O–H groups in total. The van der Waals surface area contributed by atoms with Gasteiger partial charge in [0.1, 0.15) is 5.41 Å². The van der Waals surface area contributed by atoms with Crippen LogP contribution in [0.25, 0.3) is 0 Å². The van der Waals surface area contributed by atoms with Gasteiger partial charge in [-0.05, 0) is 25.7 Å². The lowest BCUT2D eigenvalue weighted by Gasteiger charge is -2.40. The fraction of sp³-hybridized carbons (Fsp3) is 0.846. The van der Waals surface area contributed by atoms with E-state index >= 15 is 0 Å². The van der Waals surface area contributed by atoms with Crippen molar-refractivity contribution in [1.82, 2.24) is 4.90 Å². The van der Waals surface area contributed by atoms with Crippen molar-refractivity contribution in [1.29, 1.82) is 10.5 Å². The third-order valence-corrected chi connectivity index (χ3v) is 4.17. The highest BCUT2D eigenvalue weighted by Crippen LogP contribution is 2.33. The molecule has 0 unspecified atom stereocenters. The van der Waals surface area contributed by atoms with Gasteiger partial charge in [0, 0.05) is 19.1 Å². The fourth-order valence-corrected chi connectivity index (χ4v) is 2.97. The van der Waals surface area contributed by atoms with Gasteiger partial charge in [-0.15, -0.1) is 0 Å². The highest BCUT2D eigenvalue weighted by atomic mass is 15.2. The zero-order valence-electron chi connectivity index (χ0n) is 9.78. The van der Waals surface area contributed by atoms with Crippen molar-refractivity contribution in [3.05, 3.63) is 0 Å². The van der Waals surface area contributed by atoms with Crippen molar-refractivity contribution in [3.8, 4) is 12.1 Å². The summed E-state index contributed by atoms with van der Waals surface area (Å²) in [6.45, 7) is 1.87. The number of piperidine rings is 1. The minimum Gasteiger partial charge on any atom is -0.300 e. The Bertz CT molecular complexity index is 293. The van der Waals surface area contributed by atoms with E-state index in [1.807, 2.05) is 0 Å². The molecule has 1 aliphatic carbocycles. The quantitative estimate of drug-likeness (QED) is 0.678. The molecule has 1 saturated carbocycles. The van der Waals surface area contributed by atoms with E-state index in [-0.39, 0.29) is 0 Å². The molecule has 0 spiro atoms. The second-order valence-corrected chi connectivity index (χ2v) is 5.13. The predicted octanol–water partition coefficient (Wildman–Crippen LogP) is 2.45. The van der Waals surface area contributed by atoms with E-state index in [0.29, 0.717) is 0 Å². The van der Waals surface area contributed by atoms with Crippen molar-refractivity contribution in [3.63, 3.8) is 0 Å². The minimum atomic E-state index is -0.689. The summed E-state index contributed by atoms with van der Waals surface area (Å²) in [6, 6.07) is 5.13. The van der Waals surface area contributed by atoms with Gasteiger partial charge in [0.05, 0.1) is 12.1 Å². The van der Waals surface area contributed by atoms with Crippen LogP contribution in [0.4, 0.5) is 0 Å². The largest absolute Gasteiger partial charge is 0.300 e. The SMILES string of the molecule is N#CC1(C#N)CCN(C2CCCCC2)CC1. The van der Waals surface area contributed by atoms with Crippen LogP contribution in [-0.4, -0.2) is 24.0 Å². The van der Waals surface area contributed by atoms with Crippen LogP contribution < -0.4 is 0 Å². The molecule has 0 atom stereocenters. The average Bonchev–Trinajstić information content (AvgIpc) is 2.40. The number of hydrogen-bond acceptors (Lipinski definition) is 3. The van der Waals surface area contributed by atoms with E-state index in [0.717, 1.165) is 32.0 Å². The van der Waals surface area contributed by atoms with Crippen LogP contribution in [0.3, 0.4) is 0 Å². The third-order valence-electron chi connectivity index (χ3n) is 4.17. The molecule has 1 saturated heterocycles. The number of rotatable bonds is 1. The maximum atomic E-state index is 9.05. The maximum Gasteiger partial charge on any atom is 0.146 e. The second kappa shape index (κ2) is 4.85. The Morgan fingerprint density at radius 3 is 2.00 bits per heavy atom. The summed E-state index contributed by atoms with van der Waals surface area (Å²) in [5, 5.41) is 18.1. The van der Waals surface area contributed by atoms with E-state index in [4.69, 9.17) is 10.5 Å². The normalized spacial score (nSPS) is 26.9. The standard InChI is InChI=1S/C13H19N3/c14-10-13(11-15)6-8-16(9-7-13)12-4-2-1-3-5-12/h12H,1-9H2. The fourth-order valence-electron chi connectivity index (χ4n) is 2.97. The summed E-state index contributed by atoms with van der Waals surface area (Å²) in [5.74, 6) is 0. The second-order valence-electron chi connectivity index (χ2n) is 5.13. The Balaban J connectivity index is 1.90. The van der Waals surface area contributed by atoms with E-state index in [2.05, 4.69) is 17.0 Å². The topological polar surface area (TPSA) is 50.8 Å². The lowest BCUT2D eigenvalue weighted by atomic mass is 9.80. The van der Waals surface area contributed by atoms with Crippen LogP contribution in [0.5, 0.6) is 0 Å². The molecule has 3 heteroatoms. The van der Waals surface area contributed by atoms with Crippen LogP contribution >= 0.6 is 0 Å². The molecule has 0 aromatic heterocycles. The molecule has 16 heavy (non-hydrogen) atoms. The first-order valence-corrected chi connectivity index (χ1v) is 6.36. The van der Waals surface area contributed by atoms with Gasteiger partial charge < -0.3 is 4.90 Å². The monoisotopic (exact) mass is 217 g/mol.